The quantitative estimate of drug-likeness (QED) is 0.536. The van der Waals surface area contributed by atoms with Crippen molar-refractivity contribution in [2.75, 3.05) is 38.6 Å². The minimum Gasteiger partial charge on any atom is -0.299 e. The van der Waals surface area contributed by atoms with Gasteiger partial charge in [0.25, 0.3) is 0 Å². The number of allylic oxidation sites excluding steroid dienone is 1. The van der Waals surface area contributed by atoms with E-state index in [2.05, 4.69) is 15.9 Å². The van der Waals surface area contributed by atoms with E-state index in [-0.39, 0.29) is 0 Å². The summed E-state index contributed by atoms with van der Waals surface area (Å²) in [6.45, 7) is 6.25. The fourth-order valence-electron chi connectivity index (χ4n) is 2.67. The average Bonchev–Trinajstić information content (AvgIpc) is 2.87. The van der Waals surface area contributed by atoms with Crippen LogP contribution in [0.15, 0.2) is 12.2 Å². The molecule has 1 unspecified atom stereocenters. The minimum atomic E-state index is 0.642. The van der Waals surface area contributed by atoms with Crippen LogP contribution in [0.4, 0.5) is 0 Å². The first-order valence-corrected chi connectivity index (χ1v) is 6.61. The second-order valence-electron chi connectivity index (χ2n) is 4.57. The molecule has 0 aromatic heterocycles. The Morgan fingerprint density at radius 1 is 1.13 bits per heavy atom. The van der Waals surface area contributed by atoms with Gasteiger partial charge in [0.2, 0.25) is 0 Å². The van der Waals surface area contributed by atoms with Gasteiger partial charge in [-0.25, -0.2) is 0 Å². The lowest BCUT2D eigenvalue weighted by Gasteiger charge is -2.23. The van der Waals surface area contributed by atoms with Crippen molar-refractivity contribution in [3.8, 4) is 0 Å². The van der Waals surface area contributed by atoms with Gasteiger partial charge in [-0.2, -0.15) is 0 Å². The van der Waals surface area contributed by atoms with Crippen molar-refractivity contribution in [1.82, 2.24) is 9.80 Å². The Labute approximate surface area is 97.9 Å². The summed E-state index contributed by atoms with van der Waals surface area (Å²) in [7, 11) is 0. The number of rotatable bonds is 4. The number of likely N-dealkylation sites (tertiary alicyclic amines) is 2. The highest BCUT2D eigenvalue weighted by atomic mass is 35.5. The van der Waals surface area contributed by atoms with Crippen molar-refractivity contribution < 1.29 is 0 Å². The molecule has 0 aliphatic carbocycles. The van der Waals surface area contributed by atoms with Crippen LogP contribution in [0.5, 0.6) is 0 Å². The van der Waals surface area contributed by atoms with Crippen LogP contribution in [0.2, 0.25) is 0 Å². The van der Waals surface area contributed by atoms with Crippen molar-refractivity contribution >= 4 is 11.6 Å². The molecule has 2 aliphatic heterocycles. The van der Waals surface area contributed by atoms with Gasteiger partial charge in [-0.05, 0) is 32.4 Å². The van der Waals surface area contributed by atoms with Crippen LogP contribution >= 0.6 is 11.6 Å². The van der Waals surface area contributed by atoms with Crippen LogP contribution in [0.3, 0.4) is 0 Å². The van der Waals surface area contributed by atoms with Crippen molar-refractivity contribution in [1.29, 1.82) is 0 Å². The lowest BCUT2D eigenvalue weighted by molar-refractivity contribution is 0.238. The minimum absolute atomic E-state index is 0.642. The highest BCUT2D eigenvalue weighted by molar-refractivity contribution is 6.18. The zero-order chi connectivity index (χ0) is 10.5. The summed E-state index contributed by atoms with van der Waals surface area (Å²) in [4.78, 5) is 5.21. The van der Waals surface area contributed by atoms with Crippen molar-refractivity contribution in [2.45, 2.75) is 25.3 Å². The number of alkyl halides is 1. The van der Waals surface area contributed by atoms with E-state index in [9.17, 15) is 0 Å². The fourth-order valence-corrected chi connectivity index (χ4v) is 2.80. The third-order valence-corrected chi connectivity index (χ3v) is 3.70. The largest absolute Gasteiger partial charge is 0.299 e. The SMILES string of the molecule is ClCC=CCN1CCC(N2CCCC2)C1. The lowest BCUT2D eigenvalue weighted by Crippen LogP contribution is -2.35. The first-order valence-electron chi connectivity index (χ1n) is 6.07. The van der Waals surface area contributed by atoms with Gasteiger partial charge >= 0.3 is 0 Å². The summed E-state index contributed by atoms with van der Waals surface area (Å²) in [5, 5.41) is 0. The zero-order valence-electron chi connectivity index (χ0n) is 9.37. The number of hydrogen-bond donors (Lipinski definition) is 0. The second-order valence-corrected chi connectivity index (χ2v) is 4.88. The van der Waals surface area contributed by atoms with Crippen LogP contribution in [0.25, 0.3) is 0 Å². The molecule has 2 nitrogen and oxygen atoms in total. The molecule has 1 atom stereocenters. The highest BCUT2D eigenvalue weighted by Crippen LogP contribution is 2.19. The molecule has 2 heterocycles. The Hall–Kier alpha value is -0.0500. The third kappa shape index (κ3) is 3.20. The predicted octanol–water partition coefficient (Wildman–Crippen LogP) is 1.95. The van der Waals surface area contributed by atoms with E-state index >= 15 is 0 Å². The maximum atomic E-state index is 5.61. The second kappa shape index (κ2) is 5.88. The van der Waals surface area contributed by atoms with Gasteiger partial charge in [0.05, 0.1) is 0 Å². The van der Waals surface area contributed by atoms with E-state index in [0.717, 1.165) is 12.6 Å². The van der Waals surface area contributed by atoms with Gasteiger partial charge in [0.15, 0.2) is 0 Å². The molecule has 2 aliphatic rings. The highest BCUT2D eigenvalue weighted by Gasteiger charge is 2.28. The average molecular weight is 229 g/mol. The van der Waals surface area contributed by atoms with E-state index in [1.54, 1.807) is 0 Å². The molecule has 0 aromatic carbocycles. The van der Waals surface area contributed by atoms with Gasteiger partial charge in [-0.3, -0.25) is 9.80 Å². The molecule has 0 aromatic rings. The molecule has 0 radical (unpaired) electrons. The van der Waals surface area contributed by atoms with Crippen molar-refractivity contribution in [3.05, 3.63) is 12.2 Å². The van der Waals surface area contributed by atoms with E-state index in [1.807, 2.05) is 6.08 Å². The van der Waals surface area contributed by atoms with Crippen molar-refractivity contribution in [3.63, 3.8) is 0 Å². The smallest absolute Gasteiger partial charge is 0.0404 e. The summed E-state index contributed by atoms with van der Waals surface area (Å²) in [5.74, 6) is 0.642. The van der Waals surface area contributed by atoms with Crippen LogP contribution in [-0.2, 0) is 0 Å². The molecule has 0 N–H and O–H groups in total. The first-order chi connectivity index (χ1) is 7.40. The predicted molar refractivity (Wildman–Crippen MR) is 65.5 cm³/mol. The Kier molecular flexibility index (Phi) is 4.48. The van der Waals surface area contributed by atoms with Crippen molar-refractivity contribution in [2.24, 2.45) is 0 Å². The Morgan fingerprint density at radius 3 is 2.67 bits per heavy atom. The van der Waals surface area contributed by atoms with Gasteiger partial charge in [0.1, 0.15) is 0 Å². The van der Waals surface area contributed by atoms with E-state index in [1.165, 1.54) is 45.4 Å². The molecule has 0 amide bonds. The normalized spacial score (nSPS) is 29.5. The summed E-state index contributed by atoms with van der Waals surface area (Å²) >= 11 is 5.61. The Balaban J connectivity index is 1.71. The lowest BCUT2D eigenvalue weighted by atomic mass is 10.2. The maximum absolute atomic E-state index is 5.61. The topological polar surface area (TPSA) is 6.48 Å². The third-order valence-electron chi connectivity index (χ3n) is 3.52. The number of nitrogens with zero attached hydrogens (tertiary/aromatic N) is 2. The molecular formula is C12H21ClN2. The maximum Gasteiger partial charge on any atom is 0.0404 e. The van der Waals surface area contributed by atoms with Crippen LogP contribution < -0.4 is 0 Å². The van der Waals surface area contributed by atoms with Crippen LogP contribution in [-0.4, -0.2) is 54.4 Å². The molecule has 2 rings (SSSR count). The monoisotopic (exact) mass is 228 g/mol. The summed E-state index contributed by atoms with van der Waals surface area (Å²) in [6.07, 6.45) is 8.41. The van der Waals surface area contributed by atoms with Gasteiger partial charge in [0, 0.05) is 31.6 Å². The molecule has 3 heteroatoms. The Morgan fingerprint density at radius 2 is 1.93 bits per heavy atom. The number of hydrogen-bond acceptors (Lipinski definition) is 2. The molecule has 86 valence electrons. The summed E-state index contributed by atoms with van der Waals surface area (Å²) in [5.41, 5.74) is 0. The summed E-state index contributed by atoms with van der Waals surface area (Å²) < 4.78 is 0. The molecule has 0 saturated carbocycles. The molecule has 2 saturated heterocycles. The van der Waals surface area contributed by atoms with E-state index < -0.39 is 0 Å². The van der Waals surface area contributed by atoms with Crippen LogP contribution in [0.1, 0.15) is 19.3 Å². The van der Waals surface area contributed by atoms with Gasteiger partial charge < -0.3 is 0 Å². The standard InChI is InChI=1S/C12H21ClN2/c13-6-1-2-7-14-10-5-12(11-14)15-8-3-4-9-15/h1-2,12H,3-11H2. The first kappa shape index (κ1) is 11.4. The molecular weight excluding hydrogens is 208 g/mol. The van der Waals surface area contributed by atoms with E-state index in [0.29, 0.717) is 5.88 Å². The zero-order valence-corrected chi connectivity index (χ0v) is 10.1. The van der Waals surface area contributed by atoms with Gasteiger partial charge in [-0.1, -0.05) is 12.2 Å². The fraction of sp³-hybridized carbons (Fsp3) is 0.833. The van der Waals surface area contributed by atoms with E-state index in [4.69, 9.17) is 11.6 Å². The van der Waals surface area contributed by atoms with Gasteiger partial charge in [-0.15, -0.1) is 11.6 Å². The number of halogens is 1. The molecule has 15 heavy (non-hydrogen) atoms. The molecule has 0 bridgehead atoms. The molecule has 2 fully saturated rings. The Bertz CT molecular complexity index is 212. The molecule has 0 spiro atoms. The summed E-state index contributed by atoms with van der Waals surface area (Å²) in [6, 6.07) is 0.830. The van der Waals surface area contributed by atoms with Crippen LogP contribution in [0, 0.1) is 0 Å².